The number of amides is 1. The monoisotopic (exact) mass is 248 g/mol. The molecular weight excluding hydrogens is 224 g/mol. The molecule has 3 nitrogen and oxygen atoms in total. The van der Waals surface area contributed by atoms with Crippen molar-refractivity contribution in [3.63, 3.8) is 0 Å². The Kier molecular flexibility index (Phi) is 4.38. The molecule has 0 bridgehead atoms. The maximum Gasteiger partial charge on any atom is 0.253 e. The normalized spacial score (nSPS) is 11.2. The van der Waals surface area contributed by atoms with Crippen molar-refractivity contribution >= 4 is 11.6 Å². The number of carbonyl (C=O) groups excluding carboxylic acids is 1. The molecular formula is C15H24N2O. The van der Waals surface area contributed by atoms with Gasteiger partial charge in [0.25, 0.3) is 5.91 Å². The number of carbonyl (C=O) groups is 1. The molecule has 1 amide bonds. The third kappa shape index (κ3) is 4.06. The topological polar surface area (TPSA) is 23.6 Å². The van der Waals surface area contributed by atoms with Gasteiger partial charge < -0.3 is 9.80 Å². The highest BCUT2D eigenvalue weighted by Gasteiger charge is 2.19. The third-order valence-electron chi connectivity index (χ3n) is 2.67. The minimum atomic E-state index is 0.0774. The molecule has 0 aliphatic carbocycles. The van der Waals surface area contributed by atoms with E-state index in [0.717, 1.165) is 17.8 Å². The van der Waals surface area contributed by atoms with Crippen molar-refractivity contribution in [1.82, 2.24) is 4.90 Å². The van der Waals surface area contributed by atoms with Gasteiger partial charge in [0.05, 0.1) is 0 Å². The summed E-state index contributed by atoms with van der Waals surface area (Å²) in [6.45, 7) is 7.14. The zero-order chi connectivity index (χ0) is 13.9. The number of rotatable bonds is 3. The fourth-order valence-corrected chi connectivity index (χ4v) is 1.92. The first-order valence-electron chi connectivity index (χ1n) is 6.23. The number of nitrogens with zero attached hydrogens (tertiary/aromatic N) is 2. The van der Waals surface area contributed by atoms with Crippen LogP contribution in [0.5, 0.6) is 0 Å². The van der Waals surface area contributed by atoms with Gasteiger partial charge in [-0.25, -0.2) is 0 Å². The van der Waals surface area contributed by atoms with Crippen molar-refractivity contribution in [2.24, 2.45) is 5.41 Å². The maximum absolute atomic E-state index is 12.3. The van der Waals surface area contributed by atoms with Crippen molar-refractivity contribution in [3.05, 3.63) is 29.8 Å². The third-order valence-corrected chi connectivity index (χ3v) is 2.67. The Morgan fingerprint density at radius 3 is 2.28 bits per heavy atom. The predicted octanol–water partition coefficient (Wildman–Crippen LogP) is 2.87. The summed E-state index contributed by atoms with van der Waals surface area (Å²) in [5.74, 6) is 0.0774. The highest BCUT2D eigenvalue weighted by molar-refractivity contribution is 5.95. The van der Waals surface area contributed by atoms with Gasteiger partial charge >= 0.3 is 0 Å². The summed E-state index contributed by atoms with van der Waals surface area (Å²) in [4.78, 5) is 16.1. The van der Waals surface area contributed by atoms with Crippen LogP contribution in [0.2, 0.25) is 0 Å². The molecule has 0 N–H and O–H groups in total. The molecule has 0 fully saturated rings. The second kappa shape index (κ2) is 5.42. The molecule has 0 saturated heterocycles. The highest BCUT2D eigenvalue weighted by Crippen LogP contribution is 2.18. The van der Waals surface area contributed by atoms with Crippen LogP contribution in [-0.4, -0.2) is 38.5 Å². The molecule has 18 heavy (non-hydrogen) atoms. The zero-order valence-electron chi connectivity index (χ0n) is 12.3. The first kappa shape index (κ1) is 14.6. The number of hydrogen-bond donors (Lipinski definition) is 0. The van der Waals surface area contributed by atoms with E-state index in [1.165, 1.54) is 0 Å². The number of benzene rings is 1. The standard InChI is InChI=1S/C15H24N2O/c1-15(2,3)11-17(6)14(18)12-8-7-9-13(10-12)16(4)5/h7-10H,11H2,1-6H3. The van der Waals surface area contributed by atoms with Gasteiger partial charge in [0.15, 0.2) is 0 Å². The smallest absolute Gasteiger partial charge is 0.253 e. The van der Waals surface area contributed by atoms with Crippen LogP contribution in [0.4, 0.5) is 5.69 Å². The van der Waals surface area contributed by atoms with E-state index in [4.69, 9.17) is 0 Å². The molecule has 1 aromatic rings. The Morgan fingerprint density at radius 2 is 1.78 bits per heavy atom. The second-order valence-corrected chi connectivity index (χ2v) is 6.17. The second-order valence-electron chi connectivity index (χ2n) is 6.17. The van der Waals surface area contributed by atoms with E-state index in [1.807, 2.05) is 50.3 Å². The minimum absolute atomic E-state index is 0.0774. The molecule has 0 heterocycles. The van der Waals surface area contributed by atoms with Crippen molar-refractivity contribution < 1.29 is 4.79 Å². The van der Waals surface area contributed by atoms with Crippen molar-refractivity contribution in [1.29, 1.82) is 0 Å². The van der Waals surface area contributed by atoms with Crippen LogP contribution in [0.3, 0.4) is 0 Å². The van der Waals surface area contributed by atoms with Gasteiger partial charge in [0, 0.05) is 38.9 Å². The molecule has 0 saturated carbocycles. The molecule has 0 aliphatic rings. The van der Waals surface area contributed by atoms with E-state index in [0.29, 0.717) is 0 Å². The Hall–Kier alpha value is -1.51. The molecule has 0 spiro atoms. The van der Waals surface area contributed by atoms with Gasteiger partial charge in [-0.3, -0.25) is 4.79 Å². The van der Waals surface area contributed by atoms with E-state index in [9.17, 15) is 4.79 Å². The fourth-order valence-electron chi connectivity index (χ4n) is 1.92. The van der Waals surface area contributed by atoms with Crippen LogP contribution in [0.1, 0.15) is 31.1 Å². The SMILES string of the molecule is CN(CC(C)(C)C)C(=O)c1cccc(N(C)C)c1. The first-order valence-corrected chi connectivity index (χ1v) is 6.23. The van der Waals surface area contributed by atoms with Gasteiger partial charge in [0.1, 0.15) is 0 Å². The molecule has 0 unspecified atom stereocenters. The minimum Gasteiger partial charge on any atom is -0.378 e. The lowest BCUT2D eigenvalue weighted by molar-refractivity contribution is 0.0745. The highest BCUT2D eigenvalue weighted by atomic mass is 16.2. The fraction of sp³-hybridized carbons (Fsp3) is 0.533. The molecule has 0 radical (unpaired) electrons. The van der Waals surface area contributed by atoms with Gasteiger partial charge in [-0.1, -0.05) is 26.8 Å². The Balaban J connectivity index is 2.87. The lowest BCUT2D eigenvalue weighted by atomic mass is 9.96. The summed E-state index contributed by atoms with van der Waals surface area (Å²) in [5, 5.41) is 0. The first-order chi connectivity index (χ1) is 8.20. The van der Waals surface area contributed by atoms with Gasteiger partial charge in [0.2, 0.25) is 0 Å². The Morgan fingerprint density at radius 1 is 1.17 bits per heavy atom. The Bertz CT molecular complexity index is 419. The van der Waals surface area contributed by atoms with Crippen molar-refractivity contribution in [3.8, 4) is 0 Å². The summed E-state index contributed by atoms with van der Waals surface area (Å²) in [7, 11) is 5.81. The molecule has 1 rings (SSSR count). The van der Waals surface area contributed by atoms with Gasteiger partial charge in [-0.15, -0.1) is 0 Å². The van der Waals surface area contributed by atoms with Gasteiger partial charge in [-0.2, -0.15) is 0 Å². The van der Waals surface area contributed by atoms with E-state index >= 15 is 0 Å². The number of anilines is 1. The quantitative estimate of drug-likeness (QED) is 0.821. The van der Waals surface area contributed by atoms with Crippen LogP contribution in [0, 0.1) is 5.41 Å². The van der Waals surface area contributed by atoms with Crippen molar-refractivity contribution in [2.75, 3.05) is 32.6 Å². The maximum atomic E-state index is 12.3. The van der Waals surface area contributed by atoms with Crippen molar-refractivity contribution in [2.45, 2.75) is 20.8 Å². The van der Waals surface area contributed by atoms with E-state index in [1.54, 1.807) is 4.90 Å². The van der Waals surface area contributed by atoms with Crippen LogP contribution >= 0.6 is 0 Å². The summed E-state index contributed by atoms with van der Waals surface area (Å²) in [5.41, 5.74) is 1.90. The van der Waals surface area contributed by atoms with Crippen LogP contribution < -0.4 is 4.90 Å². The lowest BCUT2D eigenvalue weighted by Crippen LogP contribution is -2.34. The molecule has 3 heteroatoms. The molecule has 100 valence electrons. The average molecular weight is 248 g/mol. The van der Waals surface area contributed by atoms with E-state index in [-0.39, 0.29) is 11.3 Å². The summed E-state index contributed by atoms with van der Waals surface area (Å²) in [6.07, 6.45) is 0. The van der Waals surface area contributed by atoms with E-state index in [2.05, 4.69) is 20.8 Å². The summed E-state index contributed by atoms with van der Waals surface area (Å²) < 4.78 is 0. The zero-order valence-corrected chi connectivity index (χ0v) is 12.3. The molecule has 0 aliphatic heterocycles. The molecule has 1 aromatic carbocycles. The molecule has 0 atom stereocenters. The van der Waals surface area contributed by atoms with E-state index < -0.39 is 0 Å². The Labute approximate surface area is 110 Å². The van der Waals surface area contributed by atoms with Crippen LogP contribution in [-0.2, 0) is 0 Å². The summed E-state index contributed by atoms with van der Waals surface area (Å²) >= 11 is 0. The average Bonchev–Trinajstić information content (AvgIpc) is 2.26. The number of hydrogen-bond acceptors (Lipinski definition) is 2. The largest absolute Gasteiger partial charge is 0.378 e. The van der Waals surface area contributed by atoms with Gasteiger partial charge in [-0.05, 0) is 23.6 Å². The summed E-state index contributed by atoms with van der Waals surface area (Å²) in [6, 6.07) is 7.73. The lowest BCUT2D eigenvalue weighted by Gasteiger charge is -2.27. The van der Waals surface area contributed by atoms with Crippen LogP contribution in [0.25, 0.3) is 0 Å². The van der Waals surface area contributed by atoms with Crippen LogP contribution in [0.15, 0.2) is 24.3 Å². The molecule has 0 aromatic heterocycles. The predicted molar refractivity (Wildman–Crippen MR) is 77.2 cm³/mol.